The SMILES string of the molecule is C[C@H](Oc1ccc(Cl)cc1Cl)c1nnc(SCC(=O)Nc2ccc(Cl)c(Br)c2)o1. The van der Waals surface area contributed by atoms with E-state index in [4.69, 9.17) is 44.0 Å². The van der Waals surface area contributed by atoms with E-state index in [0.717, 1.165) is 11.8 Å². The number of hydrogen-bond acceptors (Lipinski definition) is 6. The maximum atomic E-state index is 12.1. The van der Waals surface area contributed by atoms with Crippen molar-refractivity contribution in [1.82, 2.24) is 10.2 Å². The van der Waals surface area contributed by atoms with E-state index in [2.05, 4.69) is 31.4 Å². The molecule has 3 rings (SSSR count). The zero-order valence-corrected chi connectivity index (χ0v) is 19.5. The molecule has 1 atom stereocenters. The topological polar surface area (TPSA) is 77.2 Å². The minimum absolute atomic E-state index is 0.0974. The second kappa shape index (κ2) is 10.0. The standard InChI is InChI=1S/C18H13BrCl3N3O3S/c1-9(27-15-5-2-10(20)6-14(15)22)17-24-25-18(28-17)29-8-16(26)23-11-3-4-13(21)12(19)7-11/h2-7,9H,8H2,1H3,(H,23,26)/t9-/m0/s1. The summed E-state index contributed by atoms with van der Waals surface area (Å²) in [7, 11) is 0. The Hall–Kier alpha value is -1.45. The van der Waals surface area contributed by atoms with E-state index in [9.17, 15) is 4.79 Å². The van der Waals surface area contributed by atoms with Crippen LogP contribution in [0.2, 0.25) is 15.1 Å². The lowest BCUT2D eigenvalue weighted by Crippen LogP contribution is -2.13. The quantitative estimate of drug-likeness (QED) is 0.340. The summed E-state index contributed by atoms with van der Waals surface area (Å²) in [6.45, 7) is 1.75. The summed E-state index contributed by atoms with van der Waals surface area (Å²) < 4.78 is 12.0. The Morgan fingerprint density at radius 3 is 2.72 bits per heavy atom. The van der Waals surface area contributed by atoms with Crippen molar-refractivity contribution in [2.45, 2.75) is 18.3 Å². The lowest BCUT2D eigenvalue weighted by atomic mass is 10.3. The molecule has 1 N–H and O–H groups in total. The van der Waals surface area contributed by atoms with Crippen LogP contribution < -0.4 is 10.1 Å². The van der Waals surface area contributed by atoms with Crippen LogP contribution in [0.3, 0.4) is 0 Å². The number of anilines is 1. The van der Waals surface area contributed by atoms with Gasteiger partial charge in [0.1, 0.15) is 5.75 Å². The van der Waals surface area contributed by atoms with Gasteiger partial charge in [-0.2, -0.15) is 0 Å². The molecule has 0 fully saturated rings. The molecule has 0 bridgehead atoms. The third-order valence-corrected chi connectivity index (χ3v) is 6.06. The Balaban J connectivity index is 1.54. The third-order valence-electron chi connectivity index (χ3n) is 3.50. The van der Waals surface area contributed by atoms with E-state index < -0.39 is 6.10 Å². The van der Waals surface area contributed by atoms with Crippen LogP contribution in [-0.4, -0.2) is 21.9 Å². The fourth-order valence-electron chi connectivity index (χ4n) is 2.15. The zero-order valence-electron chi connectivity index (χ0n) is 14.8. The molecule has 1 aromatic heterocycles. The Kier molecular flexibility index (Phi) is 7.70. The van der Waals surface area contributed by atoms with Crippen molar-refractivity contribution >= 4 is 74.1 Å². The van der Waals surface area contributed by atoms with E-state index in [1.54, 1.807) is 43.3 Å². The van der Waals surface area contributed by atoms with Crippen LogP contribution in [0.5, 0.6) is 5.75 Å². The molecule has 152 valence electrons. The minimum Gasteiger partial charge on any atom is -0.479 e. The van der Waals surface area contributed by atoms with E-state index in [1.165, 1.54) is 0 Å². The van der Waals surface area contributed by atoms with Crippen LogP contribution in [0.15, 0.2) is 50.5 Å². The van der Waals surface area contributed by atoms with Gasteiger partial charge in [-0.3, -0.25) is 4.79 Å². The summed E-state index contributed by atoms with van der Waals surface area (Å²) in [5, 5.41) is 12.4. The highest BCUT2D eigenvalue weighted by Gasteiger charge is 2.18. The first kappa shape index (κ1) is 22.2. The highest BCUT2D eigenvalue weighted by Crippen LogP contribution is 2.31. The fraction of sp³-hybridized carbons (Fsp3) is 0.167. The highest BCUT2D eigenvalue weighted by atomic mass is 79.9. The molecule has 0 aliphatic rings. The second-order valence-electron chi connectivity index (χ2n) is 5.71. The molecule has 0 radical (unpaired) electrons. The summed E-state index contributed by atoms with van der Waals surface area (Å²) >= 11 is 22.3. The molecule has 29 heavy (non-hydrogen) atoms. The number of nitrogens with one attached hydrogen (secondary N) is 1. The van der Waals surface area contributed by atoms with E-state index in [-0.39, 0.29) is 22.8 Å². The minimum atomic E-state index is -0.532. The van der Waals surface area contributed by atoms with E-state index >= 15 is 0 Å². The maximum Gasteiger partial charge on any atom is 0.277 e. The van der Waals surface area contributed by atoms with Gasteiger partial charge in [-0.25, -0.2) is 0 Å². The first-order valence-corrected chi connectivity index (χ1v) is 11.1. The van der Waals surface area contributed by atoms with Crippen LogP contribution in [0.4, 0.5) is 5.69 Å². The summed E-state index contributed by atoms with van der Waals surface area (Å²) in [6.07, 6.45) is -0.532. The Bertz CT molecular complexity index is 1030. The van der Waals surface area contributed by atoms with Gasteiger partial charge < -0.3 is 14.5 Å². The summed E-state index contributed by atoms with van der Waals surface area (Å²) in [5.41, 5.74) is 0.625. The van der Waals surface area contributed by atoms with Crippen molar-refractivity contribution in [3.63, 3.8) is 0 Å². The van der Waals surface area contributed by atoms with Crippen LogP contribution in [0, 0.1) is 0 Å². The first-order chi connectivity index (χ1) is 13.8. The van der Waals surface area contributed by atoms with Gasteiger partial charge in [0.2, 0.25) is 5.91 Å². The molecule has 2 aromatic carbocycles. The maximum absolute atomic E-state index is 12.1. The predicted octanol–water partition coefficient (Wildman–Crippen LogP) is 6.66. The number of aromatic nitrogens is 2. The van der Waals surface area contributed by atoms with Crippen molar-refractivity contribution in [2.24, 2.45) is 0 Å². The Morgan fingerprint density at radius 1 is 1.21 bits per heavy atom. The van der Waals surface area contributed by atoms with Crippen molar-refractivity contribution in [3.05, 3.63) is 61.8 Å². The molecule has 6 nitrogen and oxygen atoms in total. The number of carbonyl (C=O) groups excluding carboxylic acids is 1. The van der Waals surface area contributed by atoms with Crippen LogP contribution in [-0.2, 0) is 4.79 Å². The molecular formula is C18H13BrCl3N3O3S. The third kappa shape index (κ3) is 6.26. The number of rotatable bonds is 7. The second-order valence-corrected chi connectivity index (χ2v) is 8.74. The number of thioether (sulfide) groups is 1. The van der Waals surface area contributed by atoms with Gasteiger partial charge in [0.05, 0.1) is 15.8 Å². The number of hydrogen-bond donors (Lipinski definition) is 1. The van der Waals surface area contributed by atoms with E-state index in [0.29, 0.717) is 31.0 Å². The molecule has 0 saturated heterocycles. The average molecular weight is 538 g/mol. The lowest BCUT2D eigenvalue weighted by Gasteiger charge is -2.12. The number of amides is 1. The molecule has 11 heteroatoms. The average Bonchev–Trinajstić information content (AvgIpc) is 3.14. The first-order valence-electron chi connectivity index (χ1n) is 8.14. The fourth-order valence-corrected chi connectivity index (χ4v) is 3.67. The van der Waals surface area contributed by atoms with Crippen molar-refractivity contribution in [2.75, 3.05) is 11.1 Å². The molecule has 0 saturated carbocycles. The molecule has 3 aromatic rings. The molecule has 0 aliphatic heterocycles. The van der Waals surface area contributed by atoms with Crippen LogP contribution in [0.25, 0.3) is 0 Å². The van der Waals surface area contributed by atoms with Gasteiger partial charge >= 0.3 is 0 Å². The van der Waals surface area contributed by atoms with E-state index in [1.807, 2.05) is 0 Å². The molecular weight excluding hydrogens is 525 g/mol. The number of halogens is 4. The molecule has 0 spiro atoms. The molecule has 1 amide bonds. The monoisotopic (exact) mass is 535 g/mol. The molecule has 0 unspecified atom stereocenters. The van der Waals surface area contributed by atoms with Gasteiger partial charge in [-0.1, -0.05) is 46.6 Å². The number of benzene rings is 2. The molecule has 0 aliphatic carbocycles. The van der Waals surface area contributed by atoms with Gasteiger partial charge in [-0.15, -0.1) is 10.2 Å². The Morgan fingerprint density at radius 2 is 2.00 bits per heavy atom. The van der Waals surface area contributed by atoms with Crippen molar-refractivity contribution in [3.8, 4) is 5.75 Å². The summed E-state index contributed by atoms with van der Waals surface area (Å²) in [4.78, 5) is 12.1. The largest absolute Gasteiger partial charge is 0.479 e. The number of carbonyl (C=O) groups is 1. The Labute approximate surface area is 194 Å². The van der Waals surface area contributed by atoms with Crippen LogP contribution in [0.1, 0.15) is 18.9 Å². The van der Waals surface area contributed by atoms with Crippen LogP contribution >= 0.6 is 62.5 Å². The normalized spacial score (nSPS) is 11.9. The van der Waals surface area contributed by atoms with Gasteiger partial charge in [-0.05, 0) is 59.3 Å². The van der Waals surface area contributed by atoms with Gasteiger partial charge in [0.15, 0.2) is 6.10 Å². The highest BCUT2D eigenvalue weighted by molar-refractivity contribution is 9.10. The smallest absolute Gasteiger partial charge is 0.277 e. The predicted molar refractivity (Wildman–Crippen MR) is 118 cm³/mol. The summed E-state index contributed by atoms with van der Waals surface area (Å²) in [5.74, 6) is 0.589. The van der Waals surface area contributed by atoms with Crippen molar-refractivity contribution < 1.29 is 13.9 Å². The number of ether oxygens (including phenoxy) is 1. The lowest BCUT2D eigenvalue weighted by molar-refractivity contribution is -0.113. The van der Waals surface area contributed by atoms with Crippen molar-refractivity contribution in [1.29, 1.82) is 0 Å². The molecule has 1 heterocycles. The summed E-state index contributed by atoms with van der Waals surface area (Å²) in [6, 6.07) is 10.0. The van der Waals surface area contributed by atoms with Gasteiger partial charge in [0, 0.05) is 15.2 Å². The van der Waals surface area contributed by atoms with Gasteiger partial charge in [0.25, 0.3) is 11.1 Å². The number of nitrogens with zero attached hydrogens (tertiary/aromatic N) is 2. The zero-order chi connectivity index (χ0) is 21.0.